The first-order chi connectivity index (χ1) is 4.85. The van der Waals surface area contributed by atoms with Crippen LogP contribution in [0.3, 0.4) is 0 Å². The van der Waals surface area contributed by atoms with Crippen molar-refractivity contribution in [1.82, 2.24) is 0 Å². The fourth-order valence-corrected chi connectivity index (χ4v) is 0.776. The predicted octanol–water partition coefficient (Wildman–Crippen LogP) is -3.55. The molecule has 0 rings (SSSR count). The Morgan fingerprint density at radius 3 is 1.82 bits per heavy atom. The van der Waals surface area contributed by atoms with Gasteiger partial charge in [0.25, 0.3) is 0 Å². The Kier molecular flexibility index (Phi) is 11.1. The molecular weight excluding hydrogens is 162 g/mol. The van der Waals surface area contributed by atoms with Gasteiger partial charge < -0.3 is 17.3 Å². The topological polar surface area (TPSA) is 21.5 Å². The van der Waals surface area contributed by atoms with E-state index in [2.05, 4.69) is 13.2 Å². The predicted molar refractivity (Wildman–Crippen MR) is 42.0 cm³/mol. The van der Waals surface area contributed by atoms with Crippen molar-refractivity contribution in [2.75, 3.05) is 19.6 Å². The summed E-state index contributed by atoms with van der Waals surface area (Å²) in [6.07, 6.45) is 4.53. The first-order valence-corrected chi connectivity index (χ1v) is 3.34. The maximum Gasteiger partial charge on any atom is 0.174 e. The van der Waals surface area contributed by atoms with Crippen LogP contribution in [0.25, 0.3) is 0 Å². The largest absolute Gasteiger partial charge is 1.00 e. The third-order valence-electron chi connectivity index (χ3n) is 1.24. The van der Waals surface area contributed by atoms with Gasteiger partial charge in [-0.2, -0.15) is 0 Å². The van der Waals surface area contributed by atoms with Crippen LogP contribution in [0.5, 0.6) is 0 Å². The molecule has 0 heterocycles. The normalized spacial score (nSPS) is 8.45. The molecule has 0 aliphatic carbocycles. The van der Waals surface area contributed by atoms with Gasteiger partial charge in [-0.25, -0.2) is 0 Å². The Morgan fingerprint density at radius 2 is 1.55 bits per heavy atom. The molecule has 0 aromatic rings. The Balaban J connectivity index is 0. The number of hydrogen-bond acceptors (Lipinski definition) is 1. The lowest BCUT2D eigenvalue weighted by Gasteiger charge is -2.11. The lowest BCUT2D eigenvalue weighted by atomic mass is 10.4. The summed E-state index contributed by atoms with van der Waals surface area (Å²) in [6, 6.07) is 0. The van der Waals surface area contributed by atoms with Crippen LogP contribution >= 0.6 is 0 Å². The third-order valence-corrected chi connectivity index (χ3v) is 1.24. The maximum atomic E-state index is 10.1. The van der Waals surface area contributed by atoms with Crippen LogP contribution in [0.2, 0.25) is 0 Å². The van der Waals surface area contributed by atoms with Crippen molar-refractivity contribution in [3.05, 3.63) is 25.3 Å². The molecule has 0 amide bonds. The molecule has 0 saturated heterocycles. The lowest BCUT2D eigenvalue weighted by Crippen LogP contribution is -3.12. The van der Waals surface area contributed by atoms with Crippen molar-refractivity contribution in [3.8, 4) is 0 Å². The van der Waals surface area contributed by atoms with Crippen molar-refractivity contribution in [3.63, 3.8) is 0 Å². The quantitative estimate of drug-likeness (QED) is 0.328. The fourth-order valence-electron chi connectivity index (χ4n) is 0.776. The summed E-state index contributed by atoms with van der Waals surface area (Å²) in [5.74, 6) is 0. The first-order valence-electron chi connectivity index (χ1n) is 3.34. The zero-order chi connectivity index (χ0) is 7.82. The number of nitrogens with one attached hydrogen (secondary N) is 1. The van der Waals surface area contributed by atoms with Crippen LogP contribution in [-0.2, 0) is 4.79 Å². The van der Waals surface area contributed by atoms with Gasteiger partial charge in [0.15, 0.2) is 6.29 Å². The van der Waals surface area contributed by atoms with Gasteiger partial charge >= 0.3 is 0 Å². The highest BCUT2D eigenvalue weighted by atomic mass is 35.5. The van der Waals surface area contributed by atoms with Crippen LogP contribution < -0.4 is 17.3 Å². The second-order valence-electron chi connectivity index (χ2n) is 2.11. The van der Waals surface area contributed by atoms with Gasteiger partial charge in [0.05, 0.1) is 13.1 Å². The summed E-state index contributed by atoms with van der Waals surface area (Å²) in [7, 11) is 0. The summed E-state index contributed by atoms with van der Waals surface area (Å²) < 4.78 is 0. The molecule has 2 nitrogen and oxygen atoms in total. The SMILES string of the molecule is C=CC[NH+](CC=C)CC=O.[Cl-]. The number of rotatable bonds is 6. The number of carbonyl (C=O) groups excluding carboxylic acids is 1. The molecule has 0 atom stereocenters. The molecule has 3 heteroatoms. The average Bonchev–Trinajstić information content (AvgIpc) is 1.90. The molecule has 0 fully saturated rings. The number of quaternary nitrogens is 1. The second kappa shape index (κ2) is 9.40. The van der Waals surface area contributed by atoms with E-state index in [9.17, 15) is 4.79 Å². The summed E-state index contributed by atoms with van der Waals surface area (Å²) in [5.41, 5.74) is 0. The zero-order valence-corrected chi connectivity index (χ0v) is 7.31. The van der Waals surface area contributed by atoms with E-state index >= 15 is 0 Å². The fraction of sp³-hybridized carbons (Fsp3) is 0.375. The Bertz CT molecular complexity index is 101. The van der Waals surface area contributed by atoms with Crippen molar-refractivity contribution in [2.24, 2.45) is 0 Å². The minimum atomic E-state index is 0. The molecule has 0 spiro atoms. The zero-order valence-electron chi connectivity index (χ0n) is 6.55. The van der Waals surface area contributed by atoms with Gasteiger partial charge in [-0.1, -0.05) is 13.2 Å². The van der Waals surface area contributed by atoms with Gasteiger partial charge in [-0.3, -0.25) is 4.79 Å². The van der Waals surface area contributed by atoms with E-state index in [1.807, 2.05) is 12.2 Å². The molecule has 0 saturated carbocycles. The molecule has 0 bridgehead atoms. The van der Waals surface area contributed by atoms with Gasteiger partial charge in [0.2, 0.25) is 0 Å². The standard InChI is InChI=1S/C8H13NO.ClH/c1-3-5-9(6-4-2)7-8-10;/h3-4,8H,1-2,5-7H2;1H. The maximum absolute atomic E-state index is 10.1. The van der Waals surface area contributed by atoms with Crippen LogP contribution in [0, 0.1) is 0 Å². The highest BCUT2D eigenvalue weighted by Gasteiger charge is 1.99. The van der Waals surface area contributed by atoms with Crippen LogP contribution in [-0.4, -0.2) is 25.9 Å². The van der Waals surface area contributed by atoms with Gasteiger partial charge in [-0.15, -0.1) is 0 Å². The van der Waals surface area contributed by atoms with Gasteiger partial charge in [0, 0.05) is 0 Å². The molecule has 64 valence electrons. The van der Waals surface area contributed by atoms with E-state index in [1.54, 1.807) is 0 Å². The molecule has 0 aliphatic heterocycles. The minimum Gasteiger partial charge on any atom is -1.00 e. The van der Waals surface area contributed by atoms with Gasteiger partial charge in [-0.05, 0) is 12.2 Å². The van der Waals surface area contributed by atoms with Crippen molar-refractivity contribution in [1.29, 1.82) is 0 Å². The van der Waals surface area contributed by atoms with Crippen molar-refractivity contribution < 1.29 is 22.1 Å². The average molecular weight is 176 g/mol. The first kappa shape index (κ1) is 13.0. The third kappa shape index (κ3) is 7.30. The van der Waals surface area contributed by atoms with Crippen LogP contribution in [0.1, 0.15) is 0 Å². The van der Waals surface area contributed by atoms with Crippen LogP contribution in [0.4, 0.5) is 0 Å². The van der Waals surface area contributed by atoms with E-state index in [1.165, 1.54) is 4.90 Å². The monoisotopic (exact) mass is 175 g/mol. The van der Waals surface area contributed by atoms with E-state index in [0.29, 0.717) is 6.54 Å². The smallest absolute Gasteiger partial charge is 0.174 e. The lowest BCUT2D eigenvalue weighted by molar-refractivity contribution is -0.878. The Labute approximate surface area is 74.0 Å². The van der Waals surface area contributed by atoms with Crippen molar-refractivity contribution >= 4 is 6.29 Å². The van der Waals surface area contributed by atoms with E-state index in [4.69, 9.17) is 0 Å². The number of hydrogen-bond donors (Lipinski definition) is 1. The summed E-state index contributed by atoms with van der Waals surface area (Å²) in [4.78, 5) is 11.3. The van der Waals surface area contributed by atoms with Crippen LogP contribution in [0.15, 0.2) is 25.3 Å². The Hall–Kier alpha value is -0.600. The summed E-state index contributed by atoms with van der Waals surface area (Å²) >= 11 is 0. The molecule has 0 unspecified atom stereocenters. The molecule has 0 aromatic carbocycles. The highest BCUT2D eigenvalue weighted by Crippen LogP contribution is 1.55. The van der Waals surface area contributed by atoms with E-state index in [-0.39, 0.29) is 12.4 Å². The molecular formula is C8H14ClNO. The summed E-state index contributed by atoms with van der Waals surface area (Å²) in [6.45, 7) is 9.38. The van der Waals surface area contributed by atoms with Crippen molar-refractivity contribution in [2.45, 2.75) is 0 Å². The summed E-state index contributed by atoms with van der Waals surface area (Å²) in [5, 5.41) is 0. The number of aldehydes is 1. The van der Waals surface area contributed by atoms with E-state index in [0.717, 1.165) is 19.4 Å². The molecule has 11 heavy (non-hydrogen) atoms. The molecule has 0 aliphatic rings. The number of halogens is 1. The highest BCUT2D eigenvalue weighted by molar-refractivity contribution is 5.50. The molecule has 0 radical (unpaired) electrons. The number of carbonyl (C=O) groups is 1. The minimum absolute atomic E-state index is 0. The van der Waals surface area contributed by atoms with Gasteiger partial charge in [0.1, 0.15) is 6.54 Å². The molecule has 0 aromatic heterocycles. The second-order valence-corrected chi connectivity index (χ2v) is 2.11. The Morgan fingerprint density at radius 1 is 1.09 bits per heavy atom. The molecule has 1 N–H and O–H groups in total. The van der Waals surface area contributed by atoms with E-state index < -0.39 is 0 Å².